The Morgan fingerprint density at radius 1 is 1.10 bits per heavy atom. The first-order chi connectivity index (χ1) is 14.1. The van der Waals surface area contributed by atoms with Crippen LogP contribution in [0.5, 0.6) is 0 Å². The molecule has 0 bridgehead atoms. The van der Waals surface area contributed by atoms with Crippen LogP contribution >= 0.6 is 0 Å². The van der Waals surface area contributed by atoms with E-state index in [2.05, 4.69) is 43.0 Å². The number of amides is 1. The van der Waals surface area contributed by atoms with Crippen LogP contribution in [0, 0.1) is 40.4 Å². The van der Waals surface area contributed by atoms with Crippen LogP contribution in [0.25, 0.3) is 0 Å². The molecule has 7 atom stereocenters. The third kappa shape index (κ3) is 2.86. The second-order valence-corrected chi connectivity index (χ2v) is 10.4. The van der Waals surface area contributed by atoms with Gasteiger partial charge < -0.3 is 4.90 Å². The smallest absolute Gasteiger partial charge is 0.222 e. The van der Waals surface area contributed by atoms with Crippen molar-refractivity contribution in [3.05, 3.63) is 35.4 Å². The summed E-state index contributed by atoms with van der Waals surface area (Å²) in [6.07, 6.45) is 9.66. The molecule has 29 heavy (non-hydrogen) atoms. The van der Waals surface area contributed by atoms with Crippen LogP contribution in [-0.4, -0.2) is 23.4 Å². The van der Waals surface area contributed by atoms with Gasteiger partial charge in [0.2, 0.25) is 5.91 Å². The minimum absolute atomic E-state index is 0.372. The lowest BCUT2D eigenvalue weighted by molar-refractivity contribution is -0.146. The quantitative estimate of drug-likeness (QED) is 0.669. The molecule has 154 valence electrons. The average molecular weight is 391 g/mol. The van der Waals surface area contributed by atoms with Crippen LogP contribution in [0.4, 0.5) is 0 Å². The van der Waals surface area contributed by atoms with Crippen LogP contribution in [-0.2, 0) is 4.79 Å². The Balaban J connectivity index is 1.40. The zero-order valence-corrected chi connectivity index (χ0v) is 17.9. The minimum Gasteiger partial charge on any atom is -0.340 e. The number of rotatable bonds is 2. The van der Waals surface area contributed by atoms with E-state index in [1.54, 1.807) is 0 Å². The van der Waals surface area contributed by atoms with E-state index < -0.39 is 0 Å². The second-order valence-electron chi connectivity index (χ2n) is 10.4. The molecule has 0 N–H and O–H groups in total. The Morgan fingerprint density at radius 2 is 1.97 bits per heavy atom. The molecule has 0 unspecified atom stereocenters. The Morgan fingerprint density at radius 3 is 2.76 bits per heavy atom. The van der Waals surface area contributed by atoms with Gasteiger partial charge in [-0.05, 0) is 105 Å². The number of fused-ring (bicyclic) bond motifs is 5. The summed E-state index contributed by atoms with van der Waals surface area (Å²) in [5.74, 6) is 4.19. The van der Waals surface area contributed by atoms with E-state index in [0.717, 1.165) is 48.6 Å². The summed E-state index contributed by atoms with van der Waals surface area (Å²) in [6, 6.07) is 11.2. The van der Waals surface area contributed by atoms with Crippen molar-refractivity contribution in [3.8, 4) is 6.07 Å². The van der Waals surface area contributed by atoms with Crippen LogP contribution < -0.4 is 0 Å². The molecule has 3 heteroatoms. The third-order valence-corrected chi connectivity index (χ3v) is 9.50. The number of nitriles is 1. The molecule has 3 aliphatic carbocycles. The highest BCUT2D eigenvalue weighted by atomic mass is 16.2. The Kier molecular flexibility index (Phi) is 4.72. The molecule has 1 aliphatic heterocycles. The summed E-state index contributed by atoms with van der Waals surface area (Å²) in [5.41, 5.74) is 2.56. The number of carbonyl (C=O) groups excluding carboxylic acids is 1. The van der Waals surface area contributed by atoms with Crippen LogP contribution in [0.15, 0.2) is 24.3 Å². The van der Waals surface area contributed by atoms with Gasteiger partial charge >= 0.3 is 0 Å². The lowest BCUT2D eigenvalue weighted by Crippen LogP contribution is -2.56. The summed E-state index contributed by atoms with van der Waals surface area (Å²) in [5, 5.41) is 9.35. The van der Waals surface area contributed by atoms with Gasteiger partial charge in [-0.25, -0.2) is 0 Å². The van der Waals surface area contributed by atoms with E-state index in [0.29, 0.717) is 23.3 Å². The van der Waals surface area contributed by atoms with Crippen molar-refractivity contribution in [3.63, 3.8) is 0 Å². The van der Waals surface area contributed by atoms with Gasteiger partial charge in [0.05, 0.1) is 11.6 Å². The molecule has 1 amide bonds. The van der Waals surface area contributed by atoms with Gasteiger partial charge in [-0.15, -0.1) is 0 Å². The molecule has 0 radical (unpaired) electrons. The highest BCUT2D eigenvalue weighted by Gasteiger charge is 2.57. The highest BCUT2D eigenvalue weighted by Crippen LogP contribution is 2.65. The van der Waals surface area contributed by atoms with Crippen molar-refractivity contribution in [1.29, 1.82) is 5.26 Å². The molecule has 1 aromatic rings. The Bertz CT molecular complexity index is 841. The number of benzene rings is 1. The maximum Gasteiger partial charge on any atom is 0.222 e. The van der Waals surface area contributed by atoms with Crippen LogP contribution in [0.2, 0.25) is 0 Å². The second kappa shape index (κ2) is 7.15. The number of likely N-dealkylation sites (tertiary alicyclic amines) is 1. The van der Waals surface area contributed by atoms with E-state index in [-0.39, 0.29) is 0 Å². The summed E-state index contributed by atoms with van der Waals surface area (Å²) in [4.78, 5) is 14.6. The van der Waals surface area contributed by atoms with Gasteiger partial charge in [0.1, 0.15) is 0 Å². The lowest BCUT2D eigenvalue weighted by Gasteiger charge is -2.57. The molecule has 4 fully saturated rings. The van der Waals surface area contributed by atoms with E-state index >= 15 is 0 Å². The van der Waals surface area contributed by atoms with E-state index in [9.17, 15) is 10.1 Å². The van der Waals surface area contributed by atoms with Crippen molar-refractivity contribution in [2.45, 2.75) is 77.2 Å². The summed E-state index contributed by atoms with van der Waals surface area (Å²) >= 11 is 0. The van der Waals surface area contributed by atoms with Crippen molar-refractivity contribution in [2.24, 2.45) is 29.1 Å². The molecular weight excluding hydrogens is 356 g/mol. The maximum atomic E-state index is 12.4. The van der Waals surface area contributed by atoms with Crippen LogP contribution in [0.3, 0.4) is 0 Å². The fraction of sp³-hybridized carbons (Fsp3) is 0.692. The first kappa shape index (κ1) is 19.2. The van der Waals surface area contributed by atoms with Gasteiger partial charge in [0, 0.05) is 19.0 Å². The van der Waals surface area contributed by atoms with Crippen molar-refractivity contribution in [1.82, 2.24) is 4.90 Å². The summed E-state index contributed by atoms with van der Waals surface area (Å²) in [7, 11) is 0. The topological polar surface area (TPSA) is 44.1 Å². The number of nitrogens with zero attached hydrogens (tertiary/aromatic N) is 2. The largest absolute Gasteiger partial charge is 0.340 e. The van der Waals surface area contributed by atoms with Gasteiger partial charge in [0.15, 0.2) is 0 Å². The predicted molar refractivity (Wildman–Crippen MR) is 114 cm³/mol. The fourth-order valence-electron chi connectivity index (χ4n) is 8.32. The van der Waals surface area contributed by atoms with Gasteiger partial charge in [-0.2, -0.15) is 5.26 Å². The molecule has 1 heterocycles. The van der Waals surface area contributed by atoms with E-state index in [4.69, 9.17) is 0 Å². The molecular formula is C26H34N2O. The van der Waals surface area contributed by atoms with Gasteiger partial charge in [0.25, 0.3) is 0 Å². The summed E-state index contributed by atoms with van der Waals surface area (Å²) in [6.45, 7) is 5.59. The fourth-order valence-corrected chi connectivity index (χ4v) is 8.32. The normalized spacial score (nSPS) is 41.3. The first-order valence-electron chi connectivity index (χ1n) is 11.9. The van der Waals surface area contributed by atoms with Crippen molar-refractivity contribution >= 4 is 5.91 Å². The highest BCUT2D eigenvalue weighted by molar-refractivity contribution is 5.77. The summed E-state index contributed by atoms with van der Waals surface area (Å²) < 4.78 is 0. The monoisotopic (exact) mass is 390 g/mol. The third-order valence-electron chi connectivity index (χ3n) is 9.50. The number of hydrogen-bond donors (Lipinski definition) is 0. The van der Waals surface area contributed by atoms with E-state index in [1.165, 1.54) is 44.1 Å². The van der Waals surface area contributed by atoms with Gasteiger partial charge in [-0.3, -0.25) is 4.79 Å². The molecule has 1 aromatic carbocycles. The number of piperidine rings is 1. The van der Waals surface area contributed by atoms with E-state index in [1.807, 2.05) is 6.07 Å². The molecule has 5 rings (SSSR count). The molecule has 0 aromatic heterocycles. The molecule has 3 nitrogen and oxygen atoms in total. The van der Waals surface area contributed by atoms with Crippen molar-refractivity contribution < 1.29 is 4.79 Å². The molecule has 0 spiro atoms. The maximum absolute atomic E-state index is 12.4. The lowest BCUT2D eigenvalue weighted by atomic mass is 9.51. The average Bonchev–Trinajstić information content (AvgIpc) is 3.10. The zero-order valence-electron chi connectivity index (χ0n) is 17.9. The van der Waals surface area contributed by atoms with Crippen molar-refractivity contribution in [2.75, 3.05) is 6.54 Å². The molecule has 1 saturated heterocycles. The predicted octanol–water partition coefficient (Wildman–Crippen LogP) is 5.51. The minimum atomic E-state index is 0.372. The Labute approximate surface area is 175 Å². The molecule has 3 saturated carbocycles. The number of carbonyl (C=O) groups is 1. The number of hydrogen-bond acceptors (Lipinski definition) is 2. The molecule has 4 aliphatic rings. The standard InChI is InChI=1S/C26H34N2O/c1-3-28-24-11-7-20-19(21(24)8-12-25(28)29)13-14-26(2)22(9-10-23(20)26)18-6-4-5-17(15-18)16-27/h4-6,15,19-24H,3,7-14H2,1-2H3/t19-,20+,21+,22+,23-,24+,26+/m0/s1. The Hall–Kier alpha value is -1.82. The first-order valence-corrected chi connectivity index (χ1v) is 11.9. The SMILES string of the molecule is CCN1C(=O)CC[C@@H]2[C@H]3CC[C@]4(C)[C@@H](c5cccc(C#N)c5)CC[C@H]4[C@@H]3CC[C@H]21. The zero-order chi connectivity index (χ0) is 20.2. The van der Waals surface area contributed by atoms with Crippen LogP contribution in [0.1, 0.15) is 82.3 Å². The van der Waals surface area contributed by atoms with Gasteiger partial charge in [-0.1, -0.05) is 19.1 Å².